The molecular formula is C13H19O2PS. The first-order valence-corrected chi connectivity index (χ1v) is 8.88. The maximum Gasteiger partial charge on any atom is 0.163 e. The van der Waals surface area contributed by atoms with Crippen molar-refractivity contribution in [2.75, 3.05) is 13.2 Å². The smallest absolute Gasteiger partial charge is 0.163 e. The van der Waals surface area contributed by atoms with Crippen LogP contribution in [0.15, 0.2) is 30.3 Å². The fourth-order valence-corrected chi connectivity index (χ4v) is 5.45. The Morgan fingerprint density at radius 3 is 2.88 bits per heavy atom. The van der Waals surface area contributed by atoms with Crippen molar-refractivity contribution in [1.29, 1.82) is 0 Å². The van der Waals surface area contributed by atoms with Crippen molar-refractivity contribution in [1.82, 2.24) is 0 Å². The number of rotatable bonds is 4. The van der Waals surface area contributed by atoms with Gasteiger partial charge in [0.25, 0.3) is 0 Å². The molecule has 2 nitrogen and oxygen atoms in total. The third-order valence-corrected chi connectivity index (χ3v) is 7.05. The summed E-state index contributed by atoms with van der Waals surface area (Å²) in [7, 11) is 0. The van der Waals surface area contributed by atoms with E-state index in [2.05, 4.69) is 24.3 Å². The second-order valence-electron chi connectivity index (χ2n) is 4.28. The van der Waals surface area contributed by atoms with E-state index in [-0.39, 0.29) is 0 Å². The lowest BCUT2D eigenvalue weighted by atomic mass is 10.1. The van der Waals surface area contributed by atoms with Crippen LogP contribution in [0.1, 0.15) is 25.3 Å². The predicted octanol–water partition coefficient (Wildman–Crippen LogP) is 3.75. The zero-order valence-electron chi connectivity index (χ0n) is 10.2. The first-order valence-electron chi connectivity index (χ1n) is 6.17. The Morgan fingerprint density at radius 1 is 1.41 bits per heavy atom. The van der Waals surface area contributed by atoms with Gasteiger partial charge in [-0.2, -0.15) is 0 Å². The number of benzene rings is 1. The molecule has 0 aromatic heterocycles. The summed E-state index contributed by atoms with van der Waals surface area (Å²) in [6, 6.07) is 10.5. The third-order valence-electron chi connectivity index (χ3n) is 3.02. The van der Waals surface area contributed by atoms with E-state index >= 15 is 0 Å². The normalized spacial score (nSPS) is 29.2. The van der Waals surface area contributed by atoms with Crippen LogP contribution < -0.4 is 0 Å². The van der Waals surface area contributed by atoms with Crippen LogP contribution in [0, 0.1) is 0 Å². The fraction of sp³-hybridized carbons (Fsp3) is 0.538. The van der Waals surface area contributed by atoms with Gasteiger partial charge in [0.2, 0.25) is 0 Å². The molecule has 0 aliphatic carbocycles. The van der Waals surface area contributed by atoms with Crippen molar-refractivity contribution in [2.24, 2.45) is 0 Å². The molecule has 1 aromatic carbocycles. The highest BCUT2D eigenvalue weighted by Gasteiger charge is 2.40. The van der Waals surface area contributed by atoms with Crippen LogP contribution in [0.2, 0.25) is 0 Å². The van der Waals surface area contributed by atoms with Gasteiger partial charge < -0.3 is 12.2 Å². The van der Waals surface area contributed by atoms with E-state index < -0.39 is 6.92 Å². The molecule has 0 saturated carbocycles. The van der Waals surface area contributed by atoms with Gasteiger partial charge in [-0.15, -0.1) is 0 Å². The van der Waals surface area contributed by atoms with Gasteiger partial charge >= 0.3 is 0 Å². The summed E-state index contributed by atoms with van der Waals surface area (Å²) in [6.07, 6.45) is 3.22. The highest BCUT2D eigenvalue weighted by atomic mass is 32.7. The van der Waals surface area contributed by atoms with Gasteiger partial charge in [0.15, 0.2) is 6.92 Å². The average molecular weight is 270 g/mol. The Bertz CT molecular complexity index is 343. The summed E-state index contributed by atoms with van der Waals surface area (Å²) in [4.78, 5) is 0. The largest absolute Gasteiger partial charge is 0.492 e. The molecule has 1 heterocycles. The van der Waals surface area contributed by atoms with Crippen LogP contribution >= 0.6 is 6.92 Å². The molecule has 0 bridgehead atoms. The zero-order chi connectivity index (χ0) is 12.1. The van der Waals surface area contributed by atoms with Gasteiger partial charge in [0.05, 0.1) is 13.2 Å². The monoisotopic (exact) mass is 270 g/mol. The lowest BCUT2D eigenvalue weighted by Crippen LogP contribution is -2.24. The van der Waals surface area contributed by atoms with Crippen LogP contribution in [0.25, 0.3) is 0 Å². The minimum absolute atomic E-state index is 0.383. The predicted molar refractivity (Wildman–Crippen MR) is 75.0 cm³/mol. The molecule has 2 atom stereocenters. The van der Waals surface area contributed by atoms with Crippen LogP contribution in [-0.4, -0.2) is 18.9 Å². The molecule has 1 fully saturated rings. The fourth-order valence-electron chi connectivity index (χ4n) is 2.20. The molecule has 4 heteroatoms. The molecule has 2 rings (SSSR count). The summed E-state index contributed by atoms with van der Waals surface area (Å²) in [5.41, 5.74) is 1.71. The first-order chi connectivity index (χ1) is 8.24. The first kappa shape index (κ1) is 13.4. The Hall–Kier alpha value is -0.0800. The Balaban J connectivity index is 2.06. The lowest BCUT2D eigenvalue weighted by molar-refractivity contribution is 0.219. The van der Waals surface area contributed by atoms with E-state index in [4.69, 9.17) is 21.3 Å². The Morgan fingerprint density at radius 2 is 2.18 bits per heavy atom. The van der Waals surface area contributed by atoms with E-state index in [1.54, 1.807) is 0 Å². The maximum absolute atomic E-state index is 5.79. The van der Waals surface area contributed by atoms with Crippen molar-refractivity contribution >= 4 is 19.2 Å². The van der Waals surface area contributed by atoms with E-state index in [0.29, 0.717) is 12.3 Å². The molecule has 0 amide bonds. The maximum atomic E-state index is 5.79. The summed E-state index contributed by atoms with van der Waals surface area (Å²) >= 11 is 5.64. The molecule has 1 saturated heterocycles. The number of hydrogen-bond acceptors (Lipinski definition) is 3. The van der Waals surface area contributed by atoms with Crippen molar-refractivity contribution in [3.63, 3.8) is 0 Å². The van der Waals surface area contributed by atoms with Crippen LogP contribution in [0.3, 0.4) is 0 Å². The second kappa shape index (κ2) is 6.19. The van der Waals surface area contributed by atoms with Crippen molar-refractivity contribution < 1.29 is 9.05 Å². The summed E-state index contributed by atoms with van der Waals surface area (Å²) in [6.45, 7) is 1.36. The average Bonchev–Trinajstić information content (AvgIpc) is 2.34. The topological polar surface area (TPSA) is 18.5 Å². The van der Waals surface area contributed by atoms with E-state index in [0.717, 1.165) is 25.9 Å². The summed E-state index contributed by atoms with van der Waals surface area (Å²) < 4.78 is 11.6. The van der Waals surface area contributed by atoms with Crippen molar-refractivity contribution in [2.45, 2.75) is 31.8 Å². The minimum Gasteiger partial charge on any atom is -0.492 e. The van der Waals surface area contributed by atoms with Crippen LogP contribution in [-0.2, 0) is 27.7 Å². The SMILES string of the molecule is CCO[P+]1([S-])OCCC[C@@H]1Cc1ccccc1. The van der Waals surface area contributed by atoms with Gasteiger partial charge in [-0.05, 0) is 25.3 Å². The van der Waals surface area contributed by atoms with Crippen LogP contribution in [0.5, 0.6) is 0 Å². The molecule has 1 aliphatic rings. The highest BCUT2D eigenvalue weighted by Crippen LogP contribution is 2.66. The minimum atomic E-state index is -2.06. The van der Waals surface area contributed by atoms with E-state index in [9.17, 15) is 0 Å². The van der Waals surface area contributed by atoms with Crippen molar-refractivity contribution in [3.8, 4) is 0 Å². The summed E-state index contributed by atoms with van der Waals surface area (Å²) in [5.74, 6) is 0. The van der Waals surface area contributed by atoms with Gasteiger partial charge in [-0.3, -0.25) is 0 Å². The third kappa shape index (κ3) is 3.45. The standard InChI is InChI=1S/C13H19O2PS/c1-2-14-16(17)13(9-6-10-15-16)11-12-7-4-3-5-8-12/h3-5,7-8,13H,2,6,9-11H2,1H3/t13-,16?/m1/s1. The molecule has 0 spiro atoms. The Labute approximate surface area is 109 Å². The molecule has 94 valence electrons. The zero-order valence-corrected chi connectivity index (χ0v) is 11.9. The summed E-state index contributed by atoms with van der Waals surface area (Å²) in [5, 5.41) is 0. The van der Waals surface area contributed by atoms with Crippen LogP contribution in [0.4, 0.5) is 0 Å². The quantitative estimate of drug-likeness (QED) is 0.613. The van der Waals surface area contributed by atoms with Gasteiger partial charge in [-0.1, -0.05) is 30.3 Å². The van der Waals surface area contributed by atoms with Gasteiger partial charge in [-0.25, -0.2) is 9.05 Å². The number of hydrogen-bond donors (Lipinski definition) is 0. The highest BCUT2D eigenvalue weighted by molar-refractivity contribution is 8.38. The molecular weight excluding hydrogens is 251 g/mol. The lowest BCUT2D eigenvalue weighted by Gasteiger charge is -2.39. The molecule has 1 aromatic rings. The second-order valence-corrected chi connectivity index (χ2v) is 8.13. The van der Waals surface area contributed by atoms with E-state index in [1.165, 1.54) is 5.56 Å². The molecule has 0 radical (unpaired) electrons. The van der Waals surface area contributed by atoms with Gasteiger partial charge in [0.1, 0.15) is 5.66 Å². The van der Waals surface area contributed by atoms with Gasteiger partial charge in [0, 0.05) is 6.42 Å². The van der Waals surface area contributed by atoms with Crippen molar-refractivity contribution in [3.05, 3.63) is 35.9 Å². The molecule has 1 aliphatic heterocycles. The Kier molecular flexibility index (Phi) is 4.87. The molecule has 1 unspecified atom stereocenters. The molecule has 0 N–H and O–H groups in total. The van der Waals surface area contributed by atoms with E-state index in [1.807, 2.05) is 13.0 Å². The molecule has 17 heavy (non-hydrogen) atoms.